The molecule has 12 heteroatoms. The zero-order valence-corrected chi connectivity index (χ0v) is 18.4. The Balaban J connectivity index is 1.38. The van der Waals surface area contributed by atoms with Crippen molar-refractivity contribution in [1.82, 2.24) is 34.8 Å². The van der Waals surface area contributed by atoms with E-state index in [9.17, 15) is 9.59 Å². The van der Waals surface area contributed by atoms with Gasteiger partial charge in [0.2, 0.25) is 0 Å². The molecule has 3 amide bonds. The van der Waals surface area contributed by atoms with Gasteiger partial charge in [0.15, 0.2) is 5.65 Å². The summed E-state index contributed by atoms with van der Waals surface area (Å²) >= 11 is 6.55. The maximum Gasteiger partial charge on any atom is 0.326 e. The number of rotatable bonds is 6. The monoisotopic (exact) mass is 475 g/mol. The fourth-order valence-corrected chi connectivity index (χ4v) is 3.86. The van der Waals surface area contributed by atoms with Crippen LogP contribution in [0.2, 0.25) is 5.02 Å². The normalized spacial score (nSPS) is 16.7. The van der Waals surface area contributed by atoms with Crippen LogP contribution in [0.4, 0.5) is 22.1 Å². The van der Waals surface area contributed by atoms with Crippen molar-refractivity contribution in [3.8, 4) is 5.69 Å². The highest BCUT2D eigenvalue weighted by atomic mass is 35.5. The molecular formula is C22H18ClN9O2. The van der Waals surface area contributed by atoms with Crippen LogP contribution >= 0.6 is 11.6 Å². The largest absolute Gasteiger partial charge is 0.367 e. The molecule has 1 aliphatic heterocycles. The highest BCUT2D eigenvalue weighted by Gasteiger charge is 2.25. The van der Waals surface area contributed by atoms with Crippen LogP contribution in [0.3, 0.4) is 0 Å². The van der Waals surface area contributed by atoms with Gasteiger partial charge in [-0.25, -0.2) is 14.8 Å². The van der Waals surface area contributed by atoms with E-state index in [1.54, 1.807) is 29.3 Å². The maximum absolute atomic E-state index is 12.0. The lowest BCUT2D eigenvalue weighted by Gasteiger charge is -2.13. The van der Waals surface area contributed by atoms with Crippen LogP contribution in [0.25, 0.3) is 17.4 Å². The van der Waals surface area contributed by atoms with E-state index < -0.39 is 11.9 Å². The average Bonchev–Trinajstić information content (AvgIpc) is 3.18. The van der Waals surface area contributed by atoms with Crippen molar-refractivity contribution in [3.63, 3.8) is 0 Å². The number of urea groups is 1. The molecule has 2 aliphatic rings. The van der Waals surface area contributed by atoms with Gasteiger partial charge in [-0.05, 0) is 37.1 Å². The SMILES string of the molecule is O=C1NC(=O)/C(=C/c2cnn3c(NC4CC4)cc(Nc4ccc(-n5ccnc5)cc4Cl)nc23)N1. The Hall–Kier alpha value is -4.38. The van der Waals surface area contributed by atoms with Crippen LogP contribution < -0.4 is 21.3 Å². The molecule has 0 unspecified atom stereocenters. The molecule has 1 saturated heterocycles. The van der Waals surface area contributed by atoms with Gasteiger partial charge < -0.3 is 20.5 Å². The first-order valence-electron chi connectivity index (χ1n) is 10.6. The summed E-state index contributed by atoms with van der Waals surface area (Å²) in [5, 5.41) is 16.4. The first-order chi connectivity index (χ1) is 16.5. The van der Waals surface area contributed by atoms with E-state index in [2.05, 4.69) is 31.3 Å². The first-order valence-corrected chi connectivity index (χ1v) is 11.0. The summed E-state index contributed by atoms with van der Waals surface area (Å²) in [4.78, 5) is 32.2. The van der Waals surface area contributed by atoms with Crippen LogP contribution in [-0.4, -0.2) is 42.1 Å². The molecule has 0 spiro atoms. The number of anilines is 3. The highest BCUT2D eigenvalue weighted by Crippen LogP contribution is 2.31. The van der Waals surface area contributed by atoms with Crippen molar-refractivity contribution in [2.75, 3.05) is 10.6 Å². The molecule has 4 heterocycles. The first kappa shape index (κ1) is 20.2. The van der Waals surface area contributed by atoms with Crippen molar-refractivity contribution < 1.29 is 9.59 Å². The second-order valence-corrected chi connectivity index (χ2v) is 8.41. The predicted molar refractivity (Wildman–Crippen MR) is 126 cm³/mol. The molecule has 4 N–H and O–H groups in total. The van der Waals surface area contributed by atoms with Gasteiger partial charge >= 0.3 is 6.03 Å². The Morgan fingerprint density at radius 1 is 1.18 bits per heavy atom. The summed E-state index contributed by atoms with van der Waals surface area (Å²) < 4.78 is 3.54. The summed E-state index contributed by atoms with van der Waals surface area (Å²) in [5.41, 5.74) is 2.79. The Kier molecular flexibility index (Phi) is 4.69. The molecule has 34 heavy (non-hydrogen) atoms. The summed E-state index contributed by atoms with van der Waals surface area (Å²) in [5.74, 6) is 0.804. The molecule has 0 atom stereocenters. The lowest BCUT2D eigenvalue weighted by Crippen LogP contribution is -2.22. The van der Waals surface area contributed by atoms with Crippen molar-refractivity contribution in [3.05, 3.63) is 65.5 Å². The second-order valence-electron chi connectivity index (χ2n) is 8.01. The number of nitrogens with one attached hydrogen (secondary N) is 4. The number of nitrogens with zero attached hydrogens (tertiary/aromatic N) is 5. The Labute approximate surface area is 197 Å². The summed E-state index contributed by atoms with van der Waals surface area (Å²) in [7, 11) is 0. The Morgan fingerprint density at radius 3 is 2.76 bits per heavy atom. The Bertz CT molecular complexity index is 1470. The number of amides is 3. The number of imidazole rings is 1. The van der Waals surface area contributed by atoms with Crippen LogP contribution in [-0.2, 0) is 4.79 Å². The van der Waals surface area contributed by atoms with Gasteiger partial charge in [0, 0.05) is 35.8 Å². The average molecular weight is 476 g/mol. The number of carbonyl (C=O) groups is 2. The van der Waals surface area contributed by atoms with Gasteiger partial charge in [-0.15, -0.1) is 0 Å². The third kappa shape index (κ3) is 3.82. The standard InChI is InChI=1S/C22H18ClN9O2/c23-15-8-14(31-6-5-24-11-31)3-4-16(15)27-18-9-19(26-13-1-2-13)32-20(29-18)12(10-25-32)7-17-21(33)30-22(34)28-17/h3-11,13,26H,1-2H2,(H,27,29)(H2,28,30,33,34)/b17-7-. The van der Waals surface area contributed by atoms with Gasteiger partial charge in [-0.1, -0.05) is 11.6 Å². The van der Waals surface area contributed by atoms with E-state index >= 15 is 0 Å². The van der Waals surface area contributed by atoms with Gasteiger partial charge in [-0.3, -0.25) is 10.1 Å². The third-order valence-electron chi connectivity index (χ3n) is 5.47. The van der Waals surface area contributed by atoms with Gasteiger partial charge in [0.25, 0.3) is 5.91 Å². The van der Waals surface area contributed by atoms with Crippen molar-refractivity contribution in [2.45, 2.75) is 18.9 Å². The molecule has 170 valence electrons. The lowest BCUT2D eigenvalue weighted by molar-refractivity contribution is -0.115. The zero-order chi connectivity index (χ0) is 23.2. The number of benzene rings is 1. The quantitative estimate of drug-likeness (QED) is 0.249. The van der Waals surface area contributed by atoms with Crippen LogP contribution in [0.5, 0.6) is 0 Å². The van der Waals surface area contributed by atoms with E-state index in [4.69, 9.17) is 16.6 Å². The van der Waals surface area contributed by atoms with E-state index in [-0.39, 0.29) is 5.70 Å². The molecule has 1 saturated carbocycles. The molecule has 1 aromatic carbocycles. The minimum Gasteiger partial charge on any atom is -0.367 e. The predicted octanol–water partition coefficient (Wildman–Crippen LogP) is 3.07. The number of hydrogen-bond donors (Lipinski definition) is 4. The van der Waals surface area contributed by atoms with Crippen molar-refractivity contribution >= 4 is 52.6 Å². The fraction of sp³-hybridized carbons (Fsp3) is 0.136. The molecule has 4 aromatic rings. The maximum atomic E-state index is 12.0. The van der Waals surface area contributed by atoms with Crippen LogP contribution in [0.1, 0.15) is 18.4 Å². The van der Waals surface area contributed by atoms with Gasteiger partial charge in [0.05, 0.1) is 23.2 Å². The molecule has 3 aromatic heterocycles. The number of aromatic nitrogens is 5. The number of hydrogen-bond acceptors (Lipinski definition) is 7. The molecule has 0 radical (unpaired) electrons. The minimum absolute atomic E-state index is 0.134. The Morgan fingerprint density at radius 2 is 2.06 bits per heavy atom. The lowest BCUT2D eigenvalue weighted by atomic mass is 10.2. The van der Waals surface area contributed by atoms with Gasteiger partial charge in [-0.2, -0.15) is 9.61 Å². The topological polar surface area (TPSA) is 130 Å². The number of halogens is 1. The van der Waals surface area contributed by atoms with Crippen molar-refractivity contribution in [1.29, 1.82) is 0 Å². The third-order valence-corrected chi connectivity index (χ3v) is 5.78. The number of fused-ring (bicyclic) bond motifs is 1. The van der Waals surface area contributed by atoms with Crippen molar-refractivity contribution in [2.24, 2.45) is 0 Å². The minimum atomic E-state index is -0.562. The molecule has 11 nitrogen and oxygen atoms in total. The second kappa shape index (κ2) is 7.89. The molecule has 0 bridgehead atoms. The van der Waals surface area contributed by atoms with Crippen LogP contribution in [0, 0.1) is 0 Å². The fourth-order valence-electron chi connectivity index (χ4n) is 3.64. The smallest absolute Gasteiger partial charge is 0.326 e. The van der Waals surface area contributed by atoms with E-state index in [0.29, 0.717) is 33.8 Å². The molecule has 1 aliphatic carbocycles. The van der Waals surface area contributed by atoms with Crippen LogP contribution in [0.15, 0.2) is 54.9 Å². The molecule has 6 rings (SSSR count). The summed E-state index contributed by atoms with van der Waals surface area (Å²) in [6, 6.07) is 7.31. The van der Waals surface area contributed by atoms with E-state index in [1.807, 2.05) is 35.0 Å². The molecular weight excluding hydrogens is 458 g/mol. The van der Waals surface area contributed by atoms with E-state index in [0.717, 1.165) is 24.3 Å². The summed E-state index contributed by atoms with van der Waals surface area (Å²) in [6.45, 7) is 0. The molecule has 2 fully saturated rings. The zero-order valence-electron chi connectivity index (χ0n) is 17.6. The number of imide groups is 1. The van der Waals surface area contributed by atoms with Gasteiger partial charge in [0.1, 0.15) is 17.3 Å². The van der Waals surface area contributed by atoms with E-state index in [1.165, 1.54) is 0 Å². The summed E-state index contributed by atoms with van der Waals surface area (Å²) in [6.07, 6.45) is 10.6. The number of carbonyl (C=O) groups excluding carboxylic acids is 2. The highest BCUT2D eigenvalue weighted by molar-refractivity contribution is 6.33.